The number of ether oxygens (including phenoxy) is 1. The summed E-state index contributed by atoms with van der Waals surface area (Å²) in [6.45, 7) is 2.47. The fraction of sp³-hybridized carbons (Fsp3) is 0.320. The summed E-state index contributed by atoms with van der Waals surface area (Å²) in [5, 5.41) is 3.16. The number of carbonyl (C=O) groups is 2. The van der Waals surface area contributed by atoms with Gasteiger partial charge < -0.3 is 14.5 Å². The lowest BCUT2D eigenvalue weighted by Gasteiger charge is -2.34. The van der Waals surface area contributed by atoms with Gasteiger partial charge in [0, 0.05) is 43.0 Å². The zero-order valence-electron chi connectivity index (χ0n) is 18.3. The molecule has 0 spiro atoms. The number of hydrogen-bond donors (Lipinski definition) is 0. The number of thiazole rings is 1. The van der Waals surface area contributed by atoms with E-state index >= 15 is 0 Å². The Kier molecular flexibility index (Phi) is 7.96. The molecule has 0 saturated carbocycles. The molecule has 0 unspecified atom stereocenters. The first-order valence-corrected chi connectivity index (χ1v) is 12.3. The van der Waals surface area contributed by atoms with E-state index in [1.165, 1.54) is 16.9 Å². The molecule has 0 bridgehead atoms. The van der Waals surface area contributed by atoms with Crippen LogP contribution in [0.1, 0.15) is 33.9 Å². The highest BCUT2D eigenvalue weighted by Crippen LogP contribution is 2.19. The summed E-state index contributed by atoms with van der Waals surface area (Å²) in [7, 11) is 0. The van der Waals surface area contributed by atoms with Gasteiger partial charge >= 0.3 is 0 Å². The van der Waals surface area contributed by atoms with Crippen LogP contribution >= 0.6 is 22.9 Å². The van der Waals surface area contributed by atoms with Gasteiger partial charge in [0.1, 0.15) is 23.1 Å². The SMILES string of the molecule is O=C(CCCc1ccccc1)N1CCN(C(=O)c2csc(COc3ccc(Cl)cc3)n2)CC1. The van der Waals surface area contributed by atoms with Gasteiger partial charge in [-0.05, 0) is 42.7 Å². The maximum absolute atomic E-state index is 12.8. The third-order valence-electron chi connectivity index (χ3n) is 5.57. The molecule has 0 atom stereocenters. The predicted molar refractivity (Wildman–Crippen MR) is 130 cm³/mol. The lowest BCUT2D eigenvalue weighted by Crippen LogP contribution is -2.50. The molecule has 33 heavy (non-hydrogen) atoms. The van der Waals surface area contributed by atoms with Crippen molar-refractivity contribution in [2.75, 3.05) is 26.2 Å². The van der Waals surface area contributed by atoms with Crippen molar-refractivity contribution in [3.8, 4) is 5.75 Å². The van der Waals surface area contributed by atoms with Crippen molar-refractivity contribution in [2.45, 2.75) is 25.9 Å². The summed E-state index contributed by atoms with van der Waals surface area (Å²) in [5.74, 6) is 0.764. The molecule has 0 radical (unpaired) electrons. The van der Waals surface area contributed by atoms with Gasteiger partial charge in [-0.1, -0.05) is 41.9 Å². The normalized spacial score (nSPS) is 13.7. The Balaban J connectivity index is 1.20. The van der Waals surface area contributed by atoms with Crippen molar-refractivity contribution < 1.29 is 14.3 Å². The van der Waals surface area contributed by atoms with Crippen molar-refractivity contribution >= 4 is 34.8 Å². The van der Waals surface area contributed by atoms with E-state index in [0.29, 0.717) is 55.7 Å². The Morgan fingerprint density at radius 3 is 2.39 bits per heavy atom. The highest BCUT2D eigenvalue weighted by molar-refractivity contribution is 7.09. The van der Waals surface area contributed by atoms with Crippen molar-refractivity contribution in [3.05, 3.63) is 81.3 Å². The van der Waals surface area contributed by atoms with Crippen LogP contribution in [0.25, 0.3) is 0 Å². The highest BCUT2D eigenvalue weighted by atomic mass is 35.5. The molecular formula is C25H26ClN3O3S. The van der Waals surface area contributed by atoms with Crippen LogP contribution in [0.3, 0.4) is 0 Å². The molecule has 2 heterocycles. The molecule has 1 fully saturated rings. The Bertz CT molecular complexity index is 1060. The standard InChI is InChI=1S/C25H26ClN3O3S/c26-20-9-11-21(12-10-20)32-17-23-27-22(18-33-23)25(31)29-15-13-28(14-16-29)24(30)8-4-7-19-5-2-1-3-6-19/h1-3,5-6,9-12,18H,4,7-8,13-17H2. The van der Waals surface area contributed by atoms with Crippen LogP contribution in [0.2, 0.25) is 5.02 Å². The van der Waals surface area contributed by atoms with E-state index in [1.807, 2.05) is 23.1 Å². The molecule has 1 saturated heterocycles. The average Bonchev–Trinajstić information content (AvgIpc) is 3.33. The number of benzene rings is 2. The first-order valence-electron chi connectivity index (χ1n) is 11.0. The molecular weight excluding hydrogens is 458 g/mol. The fourth-order valence-corrected chi connectivity index (χ4v) is 4.52. The minimum Gasteiger partial charge on any atom is -0.486 e. The summed E-state index contributed by atoms with van der Waals surface area (Å²) in [6, 6.07) is 17.3. The van der Waals surface area contributed by atoms with E-state index < -0.39 is 0 Å². The molecule has 1 aromatic heterocycles. The lowest BCUT2D eigenvalue weighted by atomic mass is 10.1. The largest absolute Gasteiger partial charge is 0.486 e. The second-order valence-corrected chi connectivity index (χ2v) is 9.26. The summed E-state index contributed by atoms with van der Waals surface area (Å²) in [4.78, 5) is 33.4. The van der Waals surface area contributed by atoms with Crippen molar-refractivity contribution in [3.63, 3.8) is 0 Å². The maximum atomic E-state index is 12.8. The number of piperazine rings is 1. The average molecular weight is 484 g/mol. The Labute approximate surface area is 202 Å². The van der Waals surface area contributed by atoms with Crippen LogP contribution in [0, 0.1) is 0 Å². The molecule has 2 aromatic carbocycles. The van der Waals surface area contributed by atoms with E-state index in [4.69, 9.17) is 16.3 Å². The van der Waals surface area contributed by atoms with Gasteiger partial charge in [-0.25, -0.2) is 4.98 Å². The smallest absolute Gasteiger partial charge is 0.273 e. The molecule has 2 amide bonds. The van der Waals surface area contributed by atoms with Gasteiger partial charge in [-0.3, -0.25) is 9.59 Å². The summed E-state index contributed by atoms with van der Waals surface area (Å²) in [6.07, 6.45) is 2.27. The molecule has 6 nitrogen and oxygen atoms in total. The topological polar surface area (TPSA) is 62.7 Å². The molecule has 0 aliphatic carbocycles. The van der Waals surface area contributed by atoms with Gasteiger partial charge in [0.15, 0.2) is 0 Å². The number of hydrogen-bond acceptors (Lipinski definition) is 5. The second-order valence-electron chi connectivity index (χ2n) is 7.88. The molecule has 1 aliphatic rings. The number of nitrogens with zero attached hydrogens (tertiary/aromatic N) is 3. The zero-order valence-corrected chi connectivity index (χ0v) is 19.9. The van der Waals surface area contributed by atoms with Crippen LogP contribution in [0.5, 0.6) is 5.75 Å². The van der Waals surface area contributed by atoms with Crippen LogP contribution in [0.15, 0.2) is 60.0 Å². The van der Waals surface area contributed by atoms with Crippen LogP contribution in [-0.4, -0.2) is 52.8 Å². The second kappa shape index (κ2) is 11.3. The monoisotopic (exact) mass is 483 g/mol. The number of carbonyl (C=O) groups excluding carboxylic acids is 2. The van der Waals surface area contributed by atoms with Crippen molar-refractivity contribution in [1.82, 2.24) is 14.8 Å². The Morgan fingerprint density at radius 1 is 0.970 bits per heavy atom. The quantitative estimate of drug-likeness (QED) is 0.466. The van der Waals surface area contributed by atoms with Gasteiger partial charge in [0.2, 0.25) is 5.91 Å². The first kappa shape index (κ1) is 23.3. The number of amides is 2. The summed E-state index contributed by atoms with van der Waals surface area (Å²) in [5.41, 5.74) is 1.68. The number of aromatic nitrogens is 1. The maximum Gasteiger partial charge on any atom is 0.273 e. The Hall–Kier alpha value is -2.90. The predicted octanol–water partition coefficient (Wildman–Crippen LogP) is 4.68. The minimum absolute atomic E-state index is 0.0971. The third kappa shape index (κ3) is 6.55. The van der Waals surface area contributed by atoms with E-state index in [-0.39, 0.29) is 11.8 Å². The number of aryl methyl sites for hydroxylation is 1. The fourth-order valence-electron chi connectivity index (χ4n) is 3.72. The summed E-state index contributed by atoms with van der Waals surface area (Å²) >= 11 is 7.29. The third-order valence-corrected chi connectivity index (χ3v) is 6.64. The van der Waals surface area contributed by atoms with Crippen molar-refractivity contribution in [2.24, 2.45) is 0 Å². The minimum atomic E-state index is -0.0971. The molecule has 3 aromatic rings. The Morgan fingerprint density at radius 2 is 1.67 bits per heavy atom. The van der Waals surface area contributed by atoms with Crippen LogP contribution in [0.4, 0.5) is 0 Å². The van der Waals surface area contributed by atoms with Crippen molar-refractivity contribution in [1.29, 1.82) is 0 Å². The van der Waals surface area contributed by atoms with E-state index in [2.05, 4.69) is 17.1 Å². The molecule has 4 rings (SSSR count). The highest BCUT2D eigenvalue weighted by Gasteiger charge is 2.26. The zero-order chi connectivity index (χ0) is 23.0. The van der Waals surface area contributed by atoms with Gasteiger partial charge in [0.05, 0.1) is 0 Å². The van der Waals surface area contributed by atoms with Gasteiger partial charge in [0.25, 0.3) is 5.91 Å². The van der Waals surface area contributed by atoms with E-state index in [9.17, 15) is 9.59 Å². The van der Waals surface area contributed by atoms with Gasteiger partial charge in [-0.15, -0.1) is 11.3 Å². The molecule has 8 heteroatoms. The molecule has 1 aliphatic heterocycles. The van der Waals surface area contributed by atoms with Crippen LogP contribution in [-0.2, 0) is 17.8 Å². The number of rotatable bonds is 8. The van der Waals surface area contributed by atoms with Gasteiger partial charge in [-0.2, -0.15) is 0 Å². The number of halogens is 1. The van der Waals surface area contributed by atoms with E-state index in [0.717, 1.165) is 17.8 Å². The first-order chi connectivity index (χ1) is 16.1. The molecule has 0 N–H and O–H groups in total. The van der Waals surface area contributed by atoms with Crippen LogP contribution < -0.4 is 4.74 Å². The lowest BCUT2D eigenvalue weighted by molar-refractivity contribution is -0.132. The van der Waals surface area contributed by atoms with E-state index in [1.54, 1.807) is 34.5 Å². The summed E-state index contributed by atoms with van der Waals surface area (Å²) < 4.78 is 5.71. The molecule has 172 valence electrons.